The fraction of sp³-hybridized carbons (Fsp3) is 0.619. The second-order valence-electron chi connectivity index (χ2n) is 8.91. The van der Waals surface area contributed by atoms with Gasteiger partial charge in [-0.15, -0.1) is 0 Å². The standard InChI is InChI=1S/C21H30ClFN2O4/c1-20(2,3)29-19(27)25-11-10-16(15(23)12-25)24-18(26)21(4,5)13-28-17-9-7-6-8-14(17)22/h6-9,15-16H,10-13H2,1-5H3,(H,24,26)/t15-,16-/m0/s1. The van der Waals surface area contributed by atoms with Gasteiger partial charge in [0, 0.05) is 6.54 Å². The van der Waals surface area contributed by atoms with Crippen molar-refractivity contribution in [1.29, 1.82) is 0 Å². The number of nitrogens with one attached hydrogen (secondary N) is 1. The molecule has 0 aliphatic carbocycles. The summed E-state index contributed by atoms with van der Waals surface area (Å²) in [7, 11) is 0. The third kappa shape index (κ3) is 6.77. The summed E-state index contributed by atoms with van der Waals surface area (Å²) in [6.45, 7) is 9.03. The van der Waals surface area contributed by atoms with E-state index in [-0.39, 0.29) is 19.1 Å². The van der Waals surface area contributed by atoms with Crippen LogP contribution in [0.25, 0.3) is 0 Å². The number of piperidine rings is 1. The zero-order chi connectivity index (χ0) is 21.8. The van der Waals surface area contributed by atoms with Gasteiger partial charge in [-0.2, -0.15) is 0 Å². The fourth-order valence-electron chi connectivity index (χ4n) is 2.81. The summed E-state index contributed by atoms with van der Waals surface area (Å²) in [6.07, 6.45) is -1.60. The van der Waals surface area contributed by atoms with E-state index in [4.69, 9.17) is 21.1 Å². The predicted octanol–water partition coefficient (Wildman–Crippen LogP) is 4.21. The quantitative estimate of drug-likeness (QED) is 0.762. The normalized spacial score (nSPS) is 20.2. The van der Waals surface area contributed by atoms with Crippen LogP contribution in [0.4, 0.5) is 9.18 Å². The molecule has 0 aromatic heterocycles. The third-order valence-electron chi connectivity index (χ3n) is 4.55. The summed E-state index contributed by atoms with van der Waals surface area (Å²) in [5.74, 6) is 0.173. The minimum atomic E-state index is -1.37. The molecule has 1 N–H and O–H groups in total. The molecule has 1 aromatic rings. The van der Waals surface area contributed by atoms with E-state index < -0.39 is 29.3 Å². The van der Waals surface area contributed by atoms with Crippen LogP contribution in [0.2, 0.25) is 5.02 Å². The molecule has 162 valence electrons. The van der Waals surface area contributed by atoms with Gasteiger partial charge in [-0.25, -0.2) is 9.18 Å². The highest BCUT2D eigenvalue weighted by molar-refractivity contribution is 6.32. The fourth-order valence-corrected chi connectivity index (χ4v) is 3.00. The van der Waals surface area contributed by atoms with E-state index in [1.54, 1.807) is 58.9 Å². The van der Waals surface area contributed by atoms with Crippen LogP contribution in [0.1, 0.15) is 41.0 Å². The number of alkyl halides is 1. The molecule has 29 heavy (non-hydrogen) atoms. The Balaban J connectivity index is 1.88. The van der Waals surface area contributed by atoms with Crippen molar-refractivity contribution >= 4 is 23.6 Å². The van der Waals surface area contributed by atoms with Crippen molar-refractivity contribution in [2.45, 2.75) is 58.9 Å². The van der Waals surface area contributed by atoms with Gasteiger partial charge in [0.15, 0.2) is 0 Å². The Morgan fingerprint density at radius 3 is 2.48 bits per heavy atom. The molecule has 1 aliphatic heterocycles. The molecule has 6 nitrogen and oxygen atoms in total. The zero-order valence-electron chi connectivity index (χ0n) is 17.6. The number of carbonyl (C=O) groups excluding carboxylic acids is 2. The smallest absolute Gasteiger partial charge is 0.410 e. The second-order valence-corrected chi connectivity index (χ2v) is 9.32. The van der Waals surface area contributed by atoms with Crippen molar-refractivity contribution in [3.63, 3.8) is 0 Å². The van der Waals surface area contributed by atoms with Crippen molar-refractivity contribution < 1.29 is 23.5 Å². The summed E-state index contributed by atoms with van der Waals surface area (Å²) in [6, 6.07) is 6.34. The van der Waals surface area contributed by atoms with Crippen molar-refractivity contribution in [2.24, 2.45) is 5.41 Å². The van der Waals surface area contributed by atoms with Crippen LogP contribution in [0.5, 0.6) is 5.75 Å². The van der Waals surface area contributed by atoms with Crippen LogP contribution in [-0.4, -0.2) is 54.4 Å². The van der Waals surface area contributed by atoms with Gasteiger partial charge in [-0.1, -0.05) is 23.7 Å². The number of nitrogens with zero attached hydrogens (tertiary/aromatic N) is 1. The van der Waals surface area contributed by atoms with Gasteiger partial charge in [0.25, 0.3) is 0 Å². The Bertz CT molecular complexity index is 736. The average Bonchev–Trinajstić information content (AvgIpc) is 2.61. The van der Waals surface area contributed by atoms with Crippen LogP contribution < -0.4 is 10.1 Å². The van der Waals surface area contributed by atoms with Crippen molar-refractivity contribution in [3.05, 3.63) is 29.3 Å². The van der Waals surface area contributed by atoms with Gasteiger partial charge in [0.1, 0.15) is 24.1 Å². The first kappa shape index (κ1) is 23.3. The topological polar surface area (TPSA) is 67.9 Å². The van der Waals surface area contributed by atoms with Gasteiger partial charge >= 0.3 is 6.09 Å². The van der Waals surface area contributed by atoms with Gasteiger partial charge in [0.2, 0.25) is 5.91 Å². The maximum absolute atomic E-state index is 14.6. The van der Waals surface area contributed by atoms with Gasteiger partial charge in [0.05, 0.1) is 23.0 Å². The lowest BCUT2D eigenvalue weighted by Crippen LogP contribution is -2.56. The lowest BCUT2D eigenvalue weighted by Gasteiger charge is -2.37. The van der Waals surface area contributed by atoms with Gasteiger partial charge in [-0.3, -0.25) is 4.79 Å². The highest BCUT2D eigenvalue weighted by Crippen LogP contribution is 2.26. The molecule has 1 saturated heterocycles. The van der Waals surface area contributed by atoms with E-state index in [1.165, 1.54) is 4.90 Å². The predicted molar refractivity (Wildman–Crippen MR) is 110 cm³/mol. The Hall–Kier alpha value is -2.02. The largest absolute Gasteiger partial charge is 0.491 e. The number of benzene rings is 1. The second kappa shape index (κ2) is 9.20. The average molecular weight is 429 g/mol. The van der Waals surface area contributed by atoms with Crippen LogP contribution >= 0.6 is 11.6 Å². The lowest BCUT2D eigenvalue weighted by atomic mass is 9.92. The Morgan fingerprint density at radius 1 is 1.24 bits per heavy atom. The molecule has 0 bridgehead atoms. The molecule has 8 heteroatoms. The monoisotopic (exact) mass is 428 g/mol. The van der Waals surface area contributed by atoms with Crippen LogP contribution in [0.15, 0.2) is 24.3 Å². The van der Waals surface area contributed by atoms with E-state index in [9.17, 15) is 14.0 Å². The van der Waals surface area contributed by atoms with E-state index in [1.807, 2.05) is 0 Å². The number of halogens is 2. The molecule has 2 atom stereocenters. The number of carbonyl (C=O) groups is 2. The molecule has 2 rings (SSSR count). The summed E-state index contributed by atoms with van der Waals surface area (Å²) in [5.41, 5.74) is -1.53. The molecule has 0 unspecified atom stereocenters. The maximum atomic E-state index is 14.6. The minimum Gasteiger partial charge on any atom is -0.491 e. The highest BCUT2D eigenvalue weighted by Gasteiger charge is 2.37. The summed E-state index contributed by atoms with van der Waals surface area (Å²) in [5, 5.41) is 3.22. The molecular formula is C21H30ClFN2O4. The first-order valence-electron chi connectivity index (χ1n) is 9.69. The Kier molecular flexibility index (Phi) is 7.38. The molecule has 0 saturated carbocycles. The third-order valence-corrected chi connectivity index (χ3v) is 4.86. The molecule has 1 heterocycles. The number of amides is 2. The first-order valence-corrected chi connectivity index (χ1v) is 10.1. The summed E-state index contributed by atoms with van der Waals surface area (Å²) in [4.78, 5) is 26.1. The molecule has 1 aliphatic rings. The van der Waals surface area contributed by atoms with Crippen molar-refractivity contribution in [2.75, 3.05) is 19.7 Å². The lowest BCUT2D eigenvalue weighted by molar-refractivity contribution is -0.132. The van der Waals surface area contributed by atoms with E-state index in [0.717, 1.165) is 0 Å². The van der Waals surface area contributed by atoms with Gasteiger partial charge < -0.3 is 19.7 Å². The Morgan fingerprint density at radius 2 is 1.90 bits per heavy atom. The van der Waals surface area contributed by atoms with E-state index in [0.29, 0.717) is 23.7 Å². The van der Waals surface area contributed by atoms with Gasteiger partial charge in [-0.05, 0) is 53.2 Å². The SMILES string of the molecule is CC(C)(C)OC(=O)N1CC[C@H](NC(=O)C(C)(C)COc2ccccc2Cl)[C@@H](F)C1. The van der Waals surface area contributed by atoms with Crippen LogP contribution in [0, 0.1) is 5.41 Å². The minimum absolute atomic E-state index is 0.0935. The molecule has 0 radical (unpaired) electrons. The number of ether oxygens (including phenoxy) is 2. The highest BCUT2D eigenvalue weighted by atomic mass is 35.5. The molecule has 0 spiro atoms. The Labute approximate surface area is 176 Å². The van der Waals surface area contributed by atoms with E-state index in [2.05, 4.69) is 5.32 Å². The summed E-state index contributed by atoms with van der Waals surface area (Å²) >= 11 is 6.07. The zero-order valence-corrected chi connectivity index (χ0v) is 18.4. The van der Waals surface area contributed by atoms with E-state index >= 15 is 0 Å². The van der Waals surface area contributed by atoms with Crippen LogP contribution in [-0.2, 0) is 9.53 Å². The number of para-hydroxylation sites is 1. The summed E-state index contributed by atoms with van der Waals surface area (Å²) < 4.78 is 25.6. The molecule has 2 amide bonds. The molecule has 1 aromatic carbocycles. The van der Waals surface area contributed by atoms with Crippen LogP contribution in [0.3, 0.4) is 0 Å². The number of rotatable bonds is 5. The number of hydrogen-bond acceptors (Lipinski definition) is 4. The molecule has 1 fully saturated rings. The molecular weight excluding hydrogens is 399 g/mol. The number of likely N-dealkylation sites (tertiary alicyclic amines) is 1. The first-order chi connectivity index (χ1) is 13.4. The van der Waals surface area contributed by atoms with Crippen molar-refractivity contribution in [1.82, 2.24) is 10.2 Å². The maximum Gasteiger partial charge on any atom is 0.410 e. The van der Waals surface area contributed by atoms with Crippen molar-refractivity contribution in [3.8, 4) is 5.75 Å². The number of hydrogen-bond donors (Lipinski definition) is 1.